The third-order valence-corrected chi connectivity index (χ3v) is 4.79. The number of benzene rings is 1. The van der Waals surface area contributed by atoms with Crippen molar-refractivity contribution in [2.45, 2.75) is 25.4 Å². The molecule has 0 bridgehead atoms. The highest BCUT2D eigenvalue weighted by Crippen LogP contribution is 2.17. The lowest BCUT2D eigenvalue weighted by molar-refractivity contribution is 0.463. The third kappa shape index (κ3) is 2.85. The molecule has 19 heavy (non-hydrogen) atoms. The lowest BCUT2D eigenvalue weighted by Crippen LogP contribution is -2.27. The first-order valence-electron chi connectivity index (χ1n) is 5.93. The van der Waals surface area contributed by atoms with Crippen molar-refractivity contribution in [3.8, 4) is 0 Å². The van der Waals surface area contributed by atoms with E-state index in [1.54, 1.807) is 7.05 Å². The molecule has 1 aromatic carbocycles. The highest BCUT2D eigenvalue weighted by molar-refractivity contribution is 7.89. The molecule has 5 nitrogen and oxygen atoms in total. The molecule has 2 rings (SSSR count). The Hall–Kier alpha value is -1.66. The Morgan fingerprint density at radius 1 is 1.26 bits per heavy atom. The average Bonchev–Trinajstić information content (AvgIpc) is 2.86. The zero-order valence-electron chi connectivity index (χ0n) is 11.2. The van der Waals surface area contributed by atoms with Crippen molar-refractivity contribution in [3.63, 3.8) is 0 Å². The average molecular weight is 279 g/mol. The molecule has 0 saturated heterocycles. The summed E-state index contributed by atoms with van der Waals surface area (Å²) in [6, 6.07) is 7.45. The second-order valence-electron chi connectivity index (χ2n) is 4.61. The van der Waals surface area contributed by atoms with Crippen LogP contribution in [0.1, 0.15) is 16.7 Å². The van der Waals surface area contributed by atoms with Crippen LogP contribution in [0.25, 0.3) is 0 Å². The summed E-state index contributed by atoms with van der Waals surface area (Å²) in [5.41, 5.74) is 3.25. The Morgan fingerprint density at radius 3 is 2.58 bits per heavy atom. The van der Waals surface area contributed by atoms with Crippen molar-refractivity contribution in [1.29, 1.82) is 0 Å². The number of nitrogens with zero attached hydrogens (tertiary/aromatic N) is 2. The summed E-state index contributed by atoms with van der Waals surface area (Å²) in [6.07, 6.45) is 1.43. The van der Waals surface area contributed by atoms with Crippen LogP contribution in [0, 0.1) is 13.8 Å². The van der Waals surface area contributed by atoms with Gasteiger partial charge < -0.3 is 0 Å². The first kappa shape index (κ1) is 13.8. The molecule has 6 heteroatoms. The van der Waals surface area contributed by atoms with Crippen LogP contribution in [0.5, 0.6) is 0 Å². The molecule has 0 radical (unpaired) electrons. The number of hydrogen-bond donors (Lipinski definition) is 1. The predicted octanol–water partition coefficient (Wildman–Crippen LogP) is 1.85. The van der Waals surface area contributed by atoms with Crippen molar-refractivity contribution in [2.24, 2.45) is 0 Å². The summed E-state index contributed by atoms with van der Waals surface area (Å²) in [6.45, 7) is 4.34. The Kier molecular flexibility index (Phi) is 3.73. The molecule has 2 aromatic rings. The Bertz CT molecular complexity index is 663. The third-order valence-electron chi connectivity index (χ3n) is 3.05. The van der Waals surface area contributed by atoms with Crippen molar-refractivity contribution in [3.05, 3.63) is 47.2 Å². The summed E-state index contributed by atoms with van der Waals surface area (Å²) in [5, 5.41) is 6.28. The monoisotopic (exact) mass is 279 g/mol. The molecule has 0 atom stereocenters. The molecule has 1 N–H and O–H groups in total. The van der Waals surface area contributed by atoms with Gasteiger partial charge in [-0.15, -0.1) is 0 Å². The molecule has 0 amide bonds. The van der Waals surface area contributed by atoms with E-state index in [-0.39, 0.29) is 5.03 Å². The maximum absolute atomic E-state index is 12.2. The van der Waals surface area contributed by atoms with Gasteiger partial charge in [0.15, 0.2) is 5.03 Å². The van der Waals surface area contributed by atoms with Gasteiger partial charge in [0, 0.05) is 13.6 Å². The minimum Gasteiger partial charge on any atom is -0.266 e. The molecule has 0 spiro atoms. The van der Waals surface area contributed by atoms with Gasteiger partial charge in [0.2, 0.25) is 0 Å². The van der Waals surface area contributed by atoms with E-state index in [9.17, 15) is 8.42 Å². The van der Waals surface area contributed by atoms with Gasteiger partial charge in [0.05, 0.1) is 6.20 Å². The zero-order valence-corrected chi connectivity index (χ0v) is 12.0. The van der Waals surface area contributed by atoms with Crippen LogP contribution in [0.4, 0.5) is 0 Å². The molecule has 0 saturated carbocycles. The zero-order chi connectivity index (χ0) is 14.0. The first-order chi connectivity index (χ1) is 8.91. The predicted molar refractivity (Wildman–Crippen MR) is 73.2 cm³/mol. The van der Waals surface area contributed by atoms with E-state index >= 15 is 0 Å². The van der Waals surface area contributed by atoms with Gasteiger partial charge >= 0.3 is 0 Å². The van der Waals surface area contributed by atoms with Crippen molar-refractivity contribution in [2.75, 3.05) is 7.05 Å². The number of rotatable bonds is 4. The van der Waals surface area contributed by atoms with Crippen LogP contribution in [-0.2, 0) is 16.6 Å². The van der Waals surface area contributed by atoms with E-state index < -0.39 is 10.0 Å². The van der Waals surface area contributed by atoms with E-state index in [0.29, 0.717) is 6.54 Å². The van der Waals surface area contributed by atoms with Gasteiger partial charge in [-0.05, 0) is 31.0 Å². The fourth-order valence-corrected chi connectivity index (χ4v) is 2.95. The maximum atomic E-state index is 12.2. The summed E-state index contributed by atoms with van der Waals surface area (Å²) in [7, 11) is -1.94. The van der Waals surface area contributed by atoms with Crippen LogP contribution < -0.4 is 0 Å². The molecular weight excluding hydrogens is 262 g/mol. The van der Waals surface area contributed by atoms with E-state index in [1.165, 1.54) is 22.1 Å². The smallest absolute Gasteiger partial charge is 0.260 e. The van der Waals surface area contributed by atoms with E-state index in [2.05, 4.69) is 10.2 Å². The number of nitrogens with one attached hydrogen (secondary N) is 1. The van der Waals surface area contributed by atoms with Gasteiger partial charge in [-0.1, -0.05) is 23.8 Å². The molecule has 1 aromatic heterocycles. The lowest BCUT2D eigenvalue weighted by atomic mass is 10.1. The van der Waals surface area contributed by atoms with Gasteiger partial charge in [0.1, 0.15) is 0 Å². The van der Waals surface area contributed by atoms with Gasteiger partial charge in [-0.2, -0.15) is 9.40 Å². The SMILES string of the molecule is Cc1ccc(CN(C)S(=O)(=O)c2ccn[nH]2)c(C)c1. The van der Waals surface area contributed by atoms with E-state index in [1.807, 2.05) is 32.0 Å². The fourth-order valence-electron chi connectivity index (χ4n) is 1.90. The number of aromatic amines is 1. The molecule has 0 fully saturated rings. The molecule has 0 aliphatic heterocycles. The molecule has 0 aliphatic carbocycles. The van der Waals surface area contributed by atoms with Crippen LogP contribution >= 0.6 is 0 Å². The van der Waals surface area contributed by atoms with Crippen LogP contribution in [-0.4, -0.2) is 30.0 Å². The molecule has 0 aliphatic rings. The molecule has 102 valence electrons. The van der Waals surface area contributed by atoms with Crippen molar-refractivity contribution in [1.82, 2.24) is 14.5 Å². The van der Waals surface area contributed by atoms with Crippen LogP contribution in [0.2, 0.25) is 0 Å². The number of hydrogen-bond acceptors (Lipinski definition) is 3. The Labute approximate surface area is 113 Å². The number of aromatic nitrogens is 2. The topological polar surface area (TPSA) is 66.1 Å². The summed E-state index contributed by atoms with van der Waals surface area (Å²) in [5.74, 6) is 0. The van der Waals surface area contributed by atoms with Crippen LogP contribution in [0.3, 0.4) is 0 Å². The highest BCUT2D eigenvalue weighted by atomic mass is 32.2. The summed E-state index contributed by atoms with van der Waals surface area (Å²) < 4.78 is 25.8. The minimum absolute atomic E-state index is 0.111. The quantitative estimate of drug-likeness (QED) is 0.928. The largest absolute Gasteiger partial charge is 0.266 e. The number of sulfonamides is 1. The highest BCUT2D eigenvalue weighted by Gasteiger charge is 2.22. The van der Waals surface area contributed by atoms with Gasteiger partial charge in [-0.3, -0.25) is 5.10 Å². The molecular formula is C13H17N3O2S. The number of H-pyrrole nitrogens is 1. The Morgan fingerprint density at radius 2 is 2.00 bits per heavy atom. The van der Waals surface area contributed by atoms with Crippen molar-refractivity contribution >= 4 is 10.0 Å². The van der Waals surface area contributed by atoms with Gasteiger partial charge in [0.25, 0.3) is 10.0 Å². The van der Waals surface area contributed by atoms with Gasteiger partial charge in [-0.25, -0.2) is 8.42 Å². The standard InChI is InChI=1S/C13H17N3O2S/c1-10-4-5-12(11(2)8-10)9-16(3)19(17,18)13-6-7-14-15-13/h4-8H,9H2,1-3H3,(H,14,15). The normalized spacial score (nSPS) is 12.0. The van der Waals surface area contributed by atoms with Crippen LogP contribution in [0.15, 0.2) is 35.5 Å². The van der Waals surface area contributed by atoms with E-state index in [4.69, 9.17) is 0 Å². The number of aryl methyl sites for hydroxylation is 2. The second-order valence-corrected chi connectivity index (χ2v) is 6.63. The first-order valence-corrected chi connectivity index (χ1v) is 7.37. The van der Waals surface area contributed by atoms with E-state index in [0.717, 1.165) is 11.1 Å². The van der Waals surface area contributed by atoms with Crippen molar-refractivity contribution < 1.29 is 8.42 Å². The minimum atomic E-state index is -3.51. The lowest BCUT2D eigenvalue weighted by Gasteiger charge is -2.17. The fraction of sp³-hybridized carbons (Fsp3) is 0.308. The molecule has 1 heterocycles. The molecule has 0 unspecified atom stereocenters. The maximum Gasteiger partial charge on any atom is 0.260 e. The second kappa shape index (κ2) is 5.14. The Balaban J connectivity index is 2.24. The summed E-state index contributed by atoms with van der Waals surface area (Å²) in [4.78, 5) is 0. The summed E-state index contributed by atoms with van der Waals surface area (Å²) >= 11 is 0.